The van der Waals surface area contributed by atoms with Gasteiger partial charge in [-0.3, -0.25) is 9.59 Å². The second kappa shape index (κ2) is 13.1. The van der Waals surface area contributed by atoms with Gasteiger partial charge in [0.2, 0.25) is 0 Å². The highest BCUT2D eigenvalue weighted by Crippen LogP contribution is 2.17. The summed E-state index contributed by atoms with van der Waals surface area (Å²) >= 11 is 0. The van der Waals surface area contributed by atoms with E-state index in [2.05, 4.69) is 13.8 Å². The molecular weight excluding hydrogens is 252 g/mol. The summed E-state index contributed by atoms with van der Waals surface area (Å²) in [7, 11) is 0. The maximum absolute atomic E-state index is 11.6. The predicted octanol–water partition coefficient (Wildman–Crippen LogP) is 4.98. The zero-order valence-corrected chi connectivity index (χ0v) is 13.3. The molecule has 118 valence electrons. The molecule has 0 aliphatic carbocycles. The normalized spacial score (nSPS) is 12.3. The molecule has 0 aliphatic heterocycles. The highest BCUT2D eigenvalue weighted by molar-refractivity contribution is 5.78. The van der Waals surface area contributed by atoms with Gasteiger partial charge in [-0.05, 0) is 18.8 Å². The minimum absolute atomic E-state index is 0.110. The number of carboxylic acids is 1. The Morgan fingerprint density at radius 3 is 2.15 bits per heavy atom. The van der Waals surface area contributed by atoms with Crippen LogP contribution in [0.1, 0.15) is 90.9 Å². The second-order valence-electron chi connectivity index (χ2n) is 5.99. The fourth-order valence-corrected chi connectivity index (χ4v) is 2.39. The van der Waals surface area contributed by atoms with E-state index >= 15 is 0 Å². The van der Waals surface area contributed by atoms with Gasteiger partial charge >= 0.3 is 5.97 Å². The Morgan fingerprint density at radius 1 is 0.850 bits per heavy atom. The van der Waals surface area contributed by atoms with Crippen LogP contribution in [0.4, 0.5) is 0 Å². The molecule has 0 aliphatic rings. The number of hydrogen-bond donors (Lipinski definition) is 1. The van der Waals surface area contributed by atoms with E-state index < -0.39 is 5.97 Å². The van der Waals surface area contributed by atoms with Crippen molar-refractivity contribution in [2.24, 2.45) is 5.92 Å². The second-order valence-corrected chi connectivity index (χ2v) is 5.99. The lowest BCUT2D eigenvalue weighted by Gasteiger charge is -2.10. The van der Waals surface area contributed by atoms with Gasteiger partial charge < -0.3 is 5.11 Å². The molecule has 0 aromatic carbocycles. The number of hydrogen-bond acceptors (Lipinski definition) is 2. The fourth-order valence-electron chi connectivity index (χ4n) is 2.39. The van der Waals surface area contributed by atoms with Crippen LogP contribution in [0.15, 0.2) is 0 Å². The molecule has 0 bridgehead atoms. The molecule has 0 heterocycles. The standard InChI is InChI=1S/C17H32O3/c1-3-4-5-6-7-8-10-15(2)13-14-16(18)11-9-12-17(19)20/h15H,3-14H2,1-2H3,(H,19,20). The number of Topliss-reactive ketones (excluding diaryl/α,β-unsaturated/α-hetero) is 1. The topological polar surface area (TPSA) is 54.4 Å². The maximum atomic E-state index is 11.6. The van der Waals surface area contributed by atoms with E-state index in [0.717, 1.165) is 6.42 Å². The van der Waals surface area contributed by atoms with Crippen LogP contribution in [0, 0.1) is 5.92 Å². The summed E-state index contributed by atoms with van der Waals surface area (Å²) in [5.41, 5.74) is 0. The lowest BCUT2D eigenvalue weighted by molar-refractivity contribution is -0.137. The lowest BCUT2D eigenvalue weighted by atomic mass is 9.95. The van der Waals surface area contributed by atoms with Crippen molar-refractivity contribution in [2.45, 2.75) is 90.9 Å². The molecule has 3 nitrogen and oxygen atoms in total. The minimum Gasteiger partial charge on any atom is -0.481 e. The third kappa shape index (κ3) is 13.6. The SMILES string of the molecule is CCCCCCCCC(C)CCC(=O)CCCC(=O)O. The Balaban J connectivity index is 3.40. The summed E-state index contributed by atoms with van der Waals surface area (Å²) in [6, 6.07) is 0. The van der Waals surface area contributed by atoms with Gasteiger partial charge in [-0.2, -0.15) is 0 Å². The van der Waals surface area contributed by atoms with E-state index in [1.807, 2.05) is 0 Å². The number of unbranched alkanes of at least 4 members (excludes halogenated alkanes) is 5. The van der Waals surface area contributed by atoms with Crippen molar-refractivity contribution >= 4 is 11.8 Å². The Kier molecular flexibility index (Phi) is 12.6. The largest absolute Gasteiger partial charge is 0.481 e. The van der Waals surface area contributed by atoms with E-state index in [1.54, 1.807) is 0 Å². The minimum atomic E-state index is -0.811. The van der Waals surface area contributed by atoms with E-state index in [4.69, 9.17) is 5.11 Å². The summed E-state index contributed by atoms with van der Waals surface area (Å²) in [5.74, 6) is 0.0277. The Labute approximate surface area is 124 Å². The van der Waals surface area contributed by atoms with Gasteiger partial charge in [0, 0.05) is 19.3 Å². The first-order chi connectivity index (χ1) is 9.56. The Hall–Kier alpha value is -0.860. The van der Waals surface area contributed by atoms with E-state index in [0.29, 0.717) is 25.2 Å². The number of rotatable bonds is 14. The fraction of sp³-hybridized carbons (Fsp3) is 0.882. The summed E-state index contributed by atoms with van der Waals surface area (Å²) in [6.07, 6.45) is 11.7. The number of carbonyl (C=O) groups is 2. The van der Waals surface area contributed by atoms with Crippen LogP contribution in [-0.4, -0.2) is 16.9 Å². The van der Waals surface area contributed by atoms with Gasteiger partial charge in [-0.25, -0.2) is 0 Å². The van der Waals surface area contributed by atoms with Crippen molar-refractivity contribution in [3.05, 3.63) is 0 Å². The molecule has 3 heteroatoms. The number of aliphatic carboxylic acids is 1. The van der Waals surface area contributed by atoms with Crippen molar-refractivity contribution in [3.8, 4) is 0 Å². The van der Waals surface area contributed by atoms with E-state index in [-0.39, 0.29) is 12.2 Å². The summed E-state index contributed by atoms with van der Waals surface area (Å²) in [5, 5.41) is 8.51. The molecule has 0 aromatic rings. The maximum Gasteiger partial charge on any atom is 0.303 e. The smallest absolute Gasteiger partial charge is 0.303 e. The monoisotopic (exact) mass is 284 g/mol. The summed E-state index contributed by atoms with van der Waals surface area (Å²) in [4.78, 5) is 21.9. The zero-order valence-electron chi connectivity index (χ0n) is 13.3. The van der Waals surface area contributed by atoms with Crippen molar-refractivity contribution in [1.29, 1.82) is 0 Å². The molecule has 0 fully saturated rings. The van der Waals surface area contributed by atoms with E-state index in [1.165, 1.54) is 44.9 Å². The first-order valence-electron chi connectivity index (χ1n) is 8.29. The number of ketones is 1. The van der Waals surface area contributed by atoms with Gasteiger partial charge in [-0.1, -0.05) is 58.8 Å². The molecule has 20 heavy (non-hydrogen) atoms. The first-order valence-corrected chi connectivity index (χ1v) is 8.29. The van der Waals surface area contributed by atoms with Crippen LogP contribution in [0.2, 0.25) is 0 Å². The van der Waals surface area contributed by atoms with Crippen LogP contribution in [0.3, 0.4) is 0 Å². The molecular formula is C17H32O3. The molecule has 1 unspecified atom stereocenters. The van der Waals surface area contributed by atoms with Crippen molar-refractivity contribution in [1.82, 2.24) is 0 Å². The summed E-state index contributed by atoms with van der Waals surface area (Å²) in [6.45, 7) is 4.45. The molecule has 0 spiro atoms. The van der Waals surface area contributed by atoms with Crippen LogP contribution in [0.25, 0.3) is 0 Å². The lowest BCUT2D eigenvalue weighted by Crippen LogP contribution is -2.04. The van der Waals surface area contributed by atoms with Crippen LogP contribution in [-0.2, 0) is 9.59 Å². The van der Waals surface area contributed by atoms with Crippen LogP contribution in [0.5, 0.6) is 0 Å². The van der Waals surface area contributed by atoms with Crippen LogP contribution < -0.4 is 0 Å². The Morgan fingerprint density at radius 2 is 1.50 bits per heavy atom. The highest BCUT2D eigenvalue weighted by Gasteiger charge is 2.08. The van der Waals surface area contributed by atoms with Gasteiger partial charge in [0.15, 0.2) is 0 Å². The number of carbonyl (C=O) groups excluding carboxylic acids is 1. The molecule has 0 rings (SSSR count). The number of carboxylic acid groups (broad SMARTS) is 1. The van der Waals surface area contributed by atoms with Crippen molar-refractivity contribution in [2.75, 3.05) is 0 Å². The quantitative estimate of drug-likeness (QED) is 0.458. The third-order valence-electron chi connectivity index (χ3n) is 3.81. The van der Waals surface area contributed by atoms with Crippen LogP contribution >= 0.6 is 0 Å². The molecule has 1 atom stereocenters. The average Bonchev–Trinajstić information content (AvgIpc) is 2.40. The Bertz CT molecular complexity index is 261. The van der Waals surface area contributed by atoms with E-state index in [9.17, 15) is 9.59 Å². The molecule has 0 amide bonds. The third-order valence-corrected chi connectivity index (χ3v) is 3.81. The predicted molar refractivity (Wildman–Crippen MR) is 82.9 cm³/mol. The molecule has 0 saturated heterocycles. The van der Waals surface area contributed by atoms with Gasteiger partial charge in [0.1, 0.15) is 5.78 Å². The highest BCUT2D eigenvalue weighted by atomic mass is 16.4. The van der Waals surface area contributed by atoms with Crippen molar-refractivity contribution in [3.63, 3.8) is 0 Å². The van der Waals surface area contributed by atoms with Gasteiger partial charge in [0.05, 0.1) is 0 Å². The first kappa shape index (κ1) is 19.1. The summed E-state index contributed by atoms with van der Waals surface area (Å²) < 4.78 is 0. The molecule has 1 N–H and O–H groups in total. The molecule has 0 saturated carbocycles. The average molecular weight is 284 g/mol. The molecule has 0 radical (unpaired) electrons. The van der Waals surface area contributed by atoms with Gasteiger partial charge in [-0.15, -0.1) is 0 Å². The van der Waals surface area contributed by atoms with Gasteiger partial charge in [0.25, 0.3) is 0 Å². The molecule has 0 aromatic heterocycles. The zero-order chi connectivity index (χ0) is 15.2. The van der Waals surface area contributed by atoms with Crippen molar-refractivity contribution < 1.29 is 14.7 Å².